The highest BCUT2D eigenvalue weighted by atomic mass is 16.6. The number of aryl methyl sites for hydroxylation is 1. The standard InChI is InChI=1S/C34H35N7O3/c1-34(2,3)44-33(43)41-18-15-22(16-19-41)29-20-27-26(14-17-35-31(27)38-29)28-21-40(4)39-30(28)23-10-12-25(13-11-23)37-32(42)36-24-8-6-5-7-9-24/h5-15,17,20-21H,16,18-19H2,1-4H3,(H,35,38)(H2,36,37,42). The fraction of sp³-hybridized carbons (Fsp3) is 0.235. The fourth-order valence-electron chi connectivity index (χ4n) is 5.27. The summed E-state index contributed by atoms with van der Waals surface area (Å²) < 4.78 is 7.34. The minimum absolute atomic E-state index is 0.295. The van der Waals surface area contributed by atoms with E-state index in [9.17, 15) is 9.59 Å². The molecule has 10 nitrogen and oxygen atoms in total. The monoisotopic (exact) mass is 589 g/mol. The molecule has 2 aromatic carbocycles. The molecule has 0 spiro atoms. The van der Waals surface area contributed by atoms with Crippen LogP contribution in [0.15, 0.2) is 85.2 Å². The van der Waals surface area contributed by atoms with Crippen LogP contribution < -0.4 is 10.6 Å². The zero-order valence-electron chi connectivity index (χ0n) is 25.2. The molecule has 6 rings (SSSR count). The smallest absolute Gasteiger partial charge is 0.410 e. The lowest BCUT2D eigenvalue weighted by molar-refractivity contribution is 0.0270. The Labute approximate surface area is 255 Å². The third-order valence-electron chi connectivity index (χ3n) is 7.31. The van der Waals surface area contributed by atoms with Crippen LogP contribution in [0.4, 0.5) is 21.0 Å². The Morgan fingerprint density at radius 3 is 2.36 bits per heavy atom. The number of pyridine rings is 1. The van der Waals surface area contributed by atoms with E-state index in [1.165, 1.54) is 0 Å². The number of aromatic nitrogens is 4. The predicted octanol–water partition coefficient (Wildman–Crippen LogP) is 7.30. The van der Waals surface area contributed by atoms with Gasteiger partial charge in [-0.3, -0.25) is 4.68 Å². The number of aromatic amines is 1. The summed E-state index contributed by atoms with van der Waals surface area (Å²) in [6.07, 6.45) is 6.30. The SMILES string of the molecule is Cn1cc(-c2ccnc3[nH]c(C4=CCN(C(=O)OC(C)(C)C)CC4)cc23)c(-c2ccc(NC(=O)Nc3ccccc3)cc2)n1. The summed E-state index contributed by atoms with van der Waals surface area (Å²) in [5.74, 6) is 0. The summed E-state index contributed by atoms with van der Waals surface area (Å²) >= 11 is 0. The molecule has 0 bridgehead atoms. The Morgan fingerprint density at radius 1 is 0.955 bits per heavy atom. The number of nitrogens with zero attached hydrogens (tertiary/aromatic N) is 4. The number of ether oxygens (including phenoxy) is 1. The van der Waals surface area contributed by atoms with Gasteiger partial charge >= 0.3 is 12.1 Å². The van der Waals surface area contributed by atoms with Crippen molar-refractivity contribution >= 4 is 40.1 Å². The van der Waals surface area contributed by atoms with Crippen molar-refractivity contribution in [1.82, 2.24) is 24.6 Å². The second-order valence-electron chi connectivity index (χ2n) is 11.8. The molecule has 1 aliphatic heterocycles. The number of H-pyrrole nitrogens is 1. The Kier molecular flexibility index (Phi) is 7.65. The van der Waals surface area contributed by atoms with E-state index < -0.39 is 5.60 Å². The fourth-order valence-corrected chi connectivity index (χ4v) is 5.27. The molecule has 0 aliphatic carbocycles. The maximum atomic E-state index is 12.5. The summed E-state index contributed by atoms with van der Waals surface area (Å²) in [7, 11) is 1.90. The van der Waals surface area contributed by atoms with Crippen molar-refractivity contribution in [3.63, 3.8) is 0 Å². The largest absolute Gasteiger partial charge is 0.444 e. The lowest BCUT2D eigenvalue weighted by atomic mass is 9.99. The van der Waals surface area contributed by atoms with Crippen molar-refractivity contribution < 1.29 is 14.3 Å². The molecule has 5 aromatic rings. The molecule has 44 heavy (non-hydrogen) atoms. The van der Waals surface area contributed by atoms with Crippen LogP contribution in [-0.2, 0) is 11.8 Å². The molecule has 224 valence electrons. The first-order valence-electron chi connectivity index (χ1n) is 14.6. The van der Waals surface area contributed by atoms with E-state index in [4.69, 9.17) is 9.84 Å². The van der Waals surface area contributed by atoms with Crippen molar-refractivity contribution in [3.8, 4) is 22.4 Å². The molecule has 0 saturated carbocycles. The van der Waals surface area contributed by atoms with Gasteiger partial charge in [-0.25, -0.2) is 14.6 Å². The van der Waals surface area contributed by atoms with E-state index in [0.717, 1.165) is 50.4 Å². The van der Waals surface area contributed by atoms with Gasteiger partial charge in [0.2, 0.25) is 0 Å². The molecular formula is C34H35N7O3. The first-order valence-corrected chi connectivity index (χ1v) is 14.6. The van der Waals surface area contributed by atoms with Gasteiger partial charge in [0.1, 0.15) is 16.9 Å². The van der Waals surface area contributed by atoms with Crippen LogP contribution >= 0.6 is 0 Å². The number of urea groups is 1. The Balaban J connectivity index is 1.22. The quantitative estimate of drug-likeness (QED) is 0.199. The molecule has 0 saturated heterocycles. The van der Waals surface area contributed by atoms with Gasteiger partial charge in [-0.2, -0.15) is 5.10 Å². The van der Waals surface area contributed by atoms with Crippen molar-refractivity contribution in [2.24, 2.45) is 7.05 Å². The molecule has 3 aromatic heterocycles. The number of carbonyl (C=O) groups is 2. The number of amides is 3. The summed E-state index contributed by atoms with van der Waals surface area (Å²) in [5.41, 5.74) is 7.51. The van der Waals surface area contributed by atoms with Gasteiger partial charge < -0.3 is 25.3 Å². The van der Waals surface area contributed by atoms with Crippen LogP contribution in [0.5, 0.6) is 0 Å². The topological polar surface area (TPSA) is 117 Å². The second kappa shape index (κ2) is 11.7. The van der Waals surface area contributed by atoms with E-state index in [2.05, 4.69) is 32.7 Å². The van der Waals surface area contributed by atoms with Gasteiger partial charge in [0.15, 0.2) is 0 Å². The Morgan fingerprint density at radius 2 is 1.68 bits per heavy atom. The number of nitrogens with one attached hydrogen (secondary N) is 3. The minimum Gasteiger partial charge on any atom is -0.444 e. The molecule has 4 heterocycles. The second-order valence-corrected chi connectivity index (χ2v) is 11.8. The third-order valence-corrected chi connectivity index (χ3v) is 7.31. The number of fused-ring (bicyclic) bond motifs is 1. The lowest BCUT2D eigenvalue weighted by Crippen LogP contribution is -2.39. The predicted molar refractivity (Wildman–Crippen MR) is 173 cm³/mol. The number of anilines is 2. The minimum atomic E-state index is -0.524. The molecular weight excluding hydrogens is 554 g/mol. The van der Waals surface area contributed by atoms with Crippen LogP contribution in [0.1, 0.15) is 32.9 Å². The maximum absolute atomic E-state index is 12.5. The average molecular weight is 590 g/mol. The number of carbonyl (C=O) groups excluding carboxylic acids is 2. The normalized spacial score (nSPS) is 13.5. The van der Waals surface area contributed by atoms with Gasteiger partial charge in [-0.1, -0.05) is 36.4 Å². The molecule has 0 unspecified atom stereocenters. The highest BCUT2D eigenvalue weighted by Crippen LogP contribution is 2.37. The summed E-state index contributed by atoms with van der Waals surface area (Å²) in [6, 6.07) is 20.8. The van der Waals surface area contributed by atoms with Crippen LogP contribution in [0, 0.1) is 0 Å². The van der Waals surface area contributed by atoms with Crippen LogP contribution in [0.25, 0.3) is 39.0 Å². The van der Waals surface area contributed by atoms with Gasteiger partial charge in [-0.15, -0.1) is 0 Å². The maximum Gasteiger partial charge on any atom is 0.410 e. The molecule has 3 N–H and O–H groups in total. The van der Waals surface area contributed by atoms with E-state index in [-0.39, 0.29) is 12.1 Å². The number of hydrogen-bond donors (Lipinski definition) is 3. The Hall–Kier alpha value is -5.38. The zero-order valence-corrected chi connectivity index (χ0v) is 25.2. The van der Waals surface area contributed by atoms with E-state index in [1.54, 1.807) is 15.8 Å². The first-order chi connectivity index (χ1) is 21.1. The van der Waals surface area contributed by atoms with E-state index in [1.807, 2.05) is 94.7 Å². The van der Waals surface area contributed by atoms with Gasteiger partial charge in [-0.05, 0) is 74.7 Å². The highest BCUT2D eigenvalue weighted by molar-refractivity contribution is 6.01. The highest BCUT2D eigenvalue weighted by Gasteiger charge is 2.25. The molecule has 10 heteroatoms. The van der Waals surface area contributed by atoms with E-state index in [0.29, 0.717) is 25.2 Å². The van der Waals surface area contributed by atoms with Crippen LogP contribution in [-0.4, -0.2) is 55.5 Å². The molecule has 0 atom stereocenters. The summed E-state index contributed by atoms with van der Waals surface area (Å²) in [6.45, 7) is 6.70. The van der Waals surface area contributed by atoms with Crippen molar-refractivity contribution in [3.05, 3.63) is 90.9 Å². The van der Waals surface area contributed by atoms with Crippen LogP contribution in [0.2, 0.25) is 0 Å². The molecule has 0 fully saturated rings. The Bertz CT molecular complexity index is 1850. The van der Waals surface area contributed by atoms with Gasteiger partial charge in [0.25, 0.3) is 0 Å². The third kappa shape index (κ3) is 6.34. The summed E-state index contributed by atoms with van der Waals surface area (Å²) in [4.78, 5) is 34.8. The van der Waals surface area contributed by atoms with Gasteiger partial charge in [0.05, 0.1) is 0 Å². The number of benzene rings is 2. The average Bonchev–Trinajstić information content (AvgIpc) is 3.61. The molecule has 1 aliphatic rings. The first kappa shape index (κ1) is 28.7. The lowest BCUT2D eigenvalue weighted by Gasteiger charge is -2.29. The molecule has 3 amide bonds. The number of para-hydroxylation sites is 1. The van der Waals surface area contributed by atoms with Crippen molar-refractivity contribution in [1.29, 1.82) is 0 Å². The van der Waals surface area contributed by atoms with E-state index >= 15 is 0 Å². The summed E-state index contributed by atoms with van der Waals surface area (Å²) in [5, 5.41) is 11.5. The van der Waals surface area contributed by atoms with Gasteiger partial charge in [0, 0.05) is 66.1 Å². The van der Waals surface area contributed by atoms with Crippen molar-refractivity contribution in [2.75, 3.05) is 23.7 Å². The number of rotatable bonds is 5. The molecule has 0 radical (unpaired) electrons. The van der Waals surface area contributed by atoms with Crippen LogP contribution in [0.3, 0.4) is 0 Å². The van der Waals surface area contributed by atoms with Crippen molar-refractivity contribution in [2.45, 2.75) is 32.8 Å². The zero-order chi connectivity index (χ0) is 30.8. The number of hydrogen-bond acceptors (Lipinski definition) is 5.